The van der Waals surface area contributed by atoms with Crippen molar-refractivity contribution in [2.24, 2.45) is 0 Å². The molecule has 1 aromatic heterocycles. The molecular weight excluding hydrogens is 483 g/mol. The van der Waals surface area contributed by atoms with Crippen molar-refractivity contribution in [3.05, 3.63) is 55.6 Å². The van der Waals surface area contributed by atoms with E-state index in [0.29, 0.717) is 37.1 Å². The van der Waals surface area contributed by atoms with Crippen LogP contribution in [0.4, 0.5) is 10.5 Å². The Morgan fingerprint density at radius 1 is 1.21 bits per heavy atom. The highest BCUT2D eigenvalue weighted by molar-refractivity contribution is 6.34. The second kappa shape index (κ2) is 10.3. The van der Waals surface area contributed by atoms with Crippen molar-refractivity contribution in [1.82, 2.24) is 14.9 Å². The fourth-order valence-electron chi connectivity index (χ4n) is 3.95. The lowest BCUT2D eigenvalue weighted by Gasteiger charge is -2.33. The zero-order chi connectivity index (χ0) is 25.2. The van der Waals surface area contributed by atoms with Crippen LogP contribution in [-0.2, 0) is 4.74 Å². The monoisotopic (exact) mass is 510 g/mol. The van der Waals surface area contributed by atoms with Crippen LogP contribution in [0.5, 0.6) is 5.75 Å². The molecule has 0 N–H and O–H groups in total. The molecule has 184 valence electrons. The number of nitro groups is 1. The number of hydrogen-bond donors (Lipinski definition) is 0. The molecule has 1 fully saturated rings. The van der Waals surface area contributed by atoms with Crippen molar-refractivity contribution in [1.29, 1.82) is 0 Å². The Hall–Kier alpha value is -2.65. The third kappa shape index (κ3) is 6.07. The van der Waals surface area contributed by atoms with E-state index in [0.717, 1.165) is 5.56 Å². The van der Waals surface area contributed by atoms with Gasteiger partial charge in [-0.25, -0.2) is 14.8 Å². The molecule has 0 aliphatic carbocycles. The number of amides is 1. The Balaban J connectivity index is 1.80. The molecule has 0 bridgehead atoms. The molecule has 0 spiro atoms. The summed E-state index contributed by atoms with van der Waals surface area (Å²) in [4.78, 5) is 33.3. The van der Waals surface area contributed by atoms with Crippen LogP contribution in [0.3, 0.4) is 0 Å². The third-order valence-corrected chi connectivity index (χ3v) is 6.18. The molecule has 1 aliphatic heterocycles. The van der Waals surface area contributed by atoms with E-state index in [2.05, 4.69) is 9.97 Å². The molecule has 0 saturated carbocycles. The first kappa shape index (κ1) is 26.0. The van der Waals surface area contributed by atoms with Crippen molar-refractivity contribution in [2.75, 3.05) is 13.1 Å². The van der Waals surface area contributed by atoms with Crippen LogP contribution in [0.2, 0.25) is 10.3 Å². The number of rotatable bonds is 5. The van der Waals surface area contributed by atoms with Crippen LogP contribution in [-0.4, -0.2) is 44.6 Å². The summed E-state index contributed by atoms with van der Waals surface area (Å²) < 4.78 is 11.4. The first-order valence-corrected chi connectivity index (χ1v) is 11.7. The minimum absolute atomic E-state index is 0.0778. The molecule has 1 saturated heterocycles. The van der Waals surface area contributed by atoms with Crippen LogP contribution in [0.25, 0.3) is 0 Å². The molecular formula is C23H28Cl2N4O5. The molecule has 1 aliphatic rings. The normalized spacial score (nSPS) is 15.7. The Morgan fingerprint density at radius 3 is 2.32 bits per heavy atom. The van der Waals surface area contributed by atoms with Crippen LogP contribution in [0.1, 0.15) is 69.2 Å². The summed E-state index contributed by atoms with van der Waals surface area (Å²) in [7, 11) is 0. The van der Waals surface area contributed by atoms with Crippen molar-refractivity contribution < 1.29 is 19.2 Å². The van der Waals surface area contributed by atoms with Gasteiger partial charge in [0.05, 0.1) is 10.5 Å². The number of piperidine rings is 1. The molecule has 1 aromatic carbocycles. The third-order valence-electron chi connectivity index (χ3n) is 5.58. The highest BCUT2D eigenvalue weighted by Gasteiger charge is 2.30. The molecule has 9 nitrogen and oxygen atoms in total. The number of aryl methyl sites for hydroxylation is 1. The fourth-order valence-corrected chi connectivity index (χ4v) is 4.58. The van der Waals surface area contributed by atoms with Crippen molar-refractivity contribution in [2.45, 2.75) is 65.1 Å². The lowest BCUT2D eigenvalue weighted by Crippen LogP contribution is -2.41. The van der Waals surface area contributed by atoms with E-state index >= 15 is 0 Å². The van der Waals surface area contributed by atoms with E-state index in [1.165, 1.54) is 6.33 Å². The Kier molecular flexibility index (Phi) is 7.88. The van der Waals surface area contributed by atoms with Gasteiger partial charge in [0.25, 0.3) is 0 Å². The zero-order valence-corrected chi connectivity index (χ0v) is 21.3. The Labute approximate surface area is 208 Å². The van der Waals surface area contributed by atoms with E-state index < -0.39 is 16.6 Å². The molecule has 2 aromatic rings. The number of hydrogen-bond acceptors (Lipinski definition) is 7. The van der Waals surface area contributed by atoms with Crippen LogP contribution in [0, 0.1) is 17.0 Å². The van der Waals surface area contributed by atoms with Gasteiger partial charge >= 0.3 is 11.8 Å². The molecule has 3 rings (SSSR count). The second-order valence-electron chi connectivity index (χ2n) is 9.31. The lowest BCUT2D eigenvalue weighted by atomic mass is 9.88. The van der Waals surface area contributed by atoms with Gasteiger partial charge in [-0.3, -0.25) is 10.1 Å². The number of ether oxygens (including phenoxy) is 2. The predicted octanol–water partition coefficient (Wildman–Crippen LogP) is 6.25. The summed E-state index contributed by atoms with van der Waals surface area (Å²) in [6, 6.07) is 3.45. The predicted molar refractivity (Wildman–Crippen MR) is 129 cm³/mol. The molecule has 2 heterocycles. The number of carbonyl (C=O) groups is 1. The average molecular weight is 511 g/mol. The highest BCUT2D eigenvalue weighted by atomic mass is 35.5. The number of nitro benzene ring substituents is 1. The second-order valence-corrected chi connectivity index (χ2v) is 10.0. The quantitative estimate of drug-likeness (QED) is 0.265. The maximum absolute atomic E-state index is 12.3. The van der Waals surface area contributed by atoms with Crippen LogP contribution < -0.4 is 4.74 Å². The summed E-state index contributed by atoms with van der Waals surface area (Å²) in [5.74, 6) is 0.220. The minimum Gasteiger partial charge on any atom is -0.478 e. The van der Waals surface area contributed by atoms with Gasteiger partial charge in [-0.05, 0) is 64.5 Å². The molecule has 0 radical (unpaired) electrons. The summed E-state index contributed by atoms with van der Waals surface area (Å²) in [6.45, 7) is 9.97. The number of halogens is 2. The van der Waals surface area contributed by atoms with Gasteiger partial charge in [-0.2, -0.15) is 0 Å². The zero-order valence-electron chi connectivity index (χ0n) is 19.8. The van der Waals surface area contributed by atoms with E-state index in [4.69, 9.17) is 32.7 Å². The van der Waals surface area contributed by atoms with Crippen molar-refractivity contribution in [3.63, 3.8) is 0 Å². The maximum Gasteiger partial charge on any atom is 0.410 e. The van der Waals surface area contributed by atoms with Gasteiger partial charge in [0.15, 0.2) is 0 Å². The number of aromatic nitrogens is 2. The SMILES string of the molecule is Cc1cc(C2CCN(C(=O)OC(C)(C)C)CC2)cc([N+](=O)[O-])c1OC(C)c1c(Cl)ncnc1Cl. The van der Waals surface area contributed by atoms with Gasteiger partial charge in [0.2, 0.25) is 5.75 Å². The Bertz CT molecular complexity index is 1060. The van der Waals surface area contributed by atoms with E-state index in [9.17, 15) is 14.9 Å². The van der Waals surface area contributed by atoms with Gasteiger partial charge in [-0.15, -0.1) is 0 Å². The molecule has 34 heavy (non-hydrogen) atoms. The average Bonchev–Trinajstić information content (AvgIpc) is 2.73. The van der Waals surface area contributed by atoms with Gasteiger partial charge in [0, 0.05) is 19.2 Å². The maximum atomic E-state index is 12.3. The summed E-state index contributed by atoms with van der Waals surface area (Å²) in [5, 5.41) is 12.2. The van der Waals surface area contributed by atoms with E-state index in [1.807, 2.05) is 26.8 Å². The summed E-state index contributed by atoms with van der Waals surface area (Å²) >= 11 is 12.3. The molecule has 1 amide bonds. The van der Waals surface area contributed by atoms with Crippen LogP contribution >= 0.6 is 23.2 Å². The first-order valence-electron chi connectivity index (χ1n) is 11.0. The topological polar surface area (TPSA) is 108 Å². The van der Waals surface area contributed by atoms with Gasteiger partial charge < -0.3 is 14.4 Å². The largest absolute Gasteiger partial charge is 0.478 e. The van der Waals surface area contributed by atoms with Crippen molar-refractivity contribution in [3.8, 4) is 5.75 Å². The minimum atomic E-state index is -0.707. The smallest absolute Gasteiger partial charge is 0.410 e. The van der Waals surface area contributed by atoms with Crippen LogP contribution in [0.15, 0.2) is 18.5 Å². The first-order chi connectivity index (χ1) is 15.9. The molecule has 1 unspecified atom stereocenters. The Morgan fingerprint density at radius 2 is 1.79 bits per heavy atom. The summed E-state index contributed by atoms with van der Waals surface area (Å²) in [5.41, 5.74) is 1.12. The van der Waals surface area contributed by atoms with Gasteiger partial charge in [-0.1, -0.05) is 29.3 Å². The standard InChI is InChI=1S/C23H28Cl2N4O5/c1-13-10-16(15-6-8-28(9-7-15)22(30)34-23(3,4)5)11-17(29(31)32)19(13)33-14(2)18-20(24)26-12-27-21(18)25/h10-12,14-15H,6-9H2,1-5H3. The molecule has 1 atom stereocenters. The van der Waals surface area contributed by atoms with E-state index in [-0.39, 0.29) is 33.8 Å². The number of nitrogens with zero attached hydrogens (tertiary/aromatic N) is 4. The number of likely N-dealkylation sites (tertiary alicyclic amines) is 1. The fraction of sp³-hybridized carbons (Fsp3) is 0.522. The van der Waals surface area contributed by atoms with Crippen molar-refractivity contribution >= 4 is 35.0 Å². The van der Waals surface area contributed by atoms with Gasteiger partial charge in [0.1, 0.15) is 28.3 Å². The highest BCUT2D eigenvalue weighted by Crippen LogP contribution is 2.40. The number of benzene rings is 1. The lowest BCUT2D eigenvalue weighted by molar-refractivity contribution is -0.386. The van der Waals surface area contributed by atoms with E-state index in [1.54, 1.807) is 24.8 Å². The number of carbonyl (C=O) groups excluding carboxylic acids is 1. The molecule has 11 heteroatoms. The summed E-state index contributed by atoms with van der Waals surface area (Å²) in [6.07, 6.45) is 1.55.